The maximum Gasteiger partial charge on any atom is 0.119 e. The summed E-state index contributed by atoms with van der Waals surface area (Å²) in [5.41, 5.74) is 3.49. The smallest absolute Gasteiger partial charge is 0.119 e. The average Bonchev–Trinajstić information content (AvgIpc) is 2.47. The van der Waals surface area contributed by atoms with E-state index in [1.54, 1.807) is 6.20 Å². The molecule has 112 valence electrons. The zero-order valence-electron chi connectivity index (χ0n) is 12.5. The number of ether oxygens (including phenoxy) is 1. The zero-order valence-corrected chi connectivity index (χ0v) is 12.5. The van der Waals surface area contributed by atoms with E-state index < -0.39 is 6.10 Å². The Bertz CT molecular complexity index is 572. The first-order valence-corrected chi connectivity index (χ1v) is 7.13. The fourth-order valence-electron chi connectivity index (χ4n) is 2.01. The van der Waals surface area contributed by atoms with Crippen LogP contribution in [0.2, 0.25) is 0 Å². The Hall–Kier alpha value is -1.91. The first-order valence-electron chi connectivity index (χ1n) is 7.13. The van der Waals surface area contributed by atoms with Crippen LogP contribution in [0.25, 0.3) is 0 Å². The average molecular weight is 286 g/mol. The lowest BCUT2D eigenvalue weighted by molar-refractivity contribution is 0.106. The second-order valence-corrected chi connectivity index (χ2v) is 5.21. The first-order chi connectivity index (χ1) is 10.1. The minimum Gasteiger partial charge on any atom is -0.491 e. The molecule has 2 N–H and O–H groups in total. The van der Waals surface area contributed by atoms with Gasteiger partial charge in [-0.1, -0.05) is 12.1 Å². The summed E-state index contributed by atoms with van der Waals surface area (Å²) in [5.74, 6) is 0.789. The van der Waals surface area contributed by atoms with Crippen molar-refractivity contribution in [2.45, 2.75) is 26.5 Å². The first kappa shape index (κ1) is 15.5. The van der Waals surface area contributed by atoms with Gasteiger partial charge in [-0.3, -0.25) is 4.98 Å². The van der Waals surface area contributed by atoms with Crippen LogP contribution in [0, 0.1) is 13.8 Å². The minimum atomic E-state index is -0.539. The van der Waals surface area contributed by atoms with Gasteiger partial charge in [0.25, 0.3) is 0 Å². The molecule has 1 unspecified atom stereocenters. The summed E-state index contributed by atoms with van der Waals surface area (Å²) in [6.45, 7) is 5.53. The molecule has 0 aliphatic rings. The molecule has 4 heteroatoms. The van der Waals surface area contributed by atoms with Crippen molar-refractivity contribution in [1.82, 2.24) is 10.3 Å². The number of aryl methyl sites for hydroxylation is 2. The molecule has 21 heavy (non-hydrogen) atoms. The second-order valence-electron chi connectivity index (χ2n) is 5.21. The lowest BCUT2D eigenvalue weighted by Gasteiger charge is -2.14. The van der Waals surface area contributed by atoms with Crippen molar-refractivity contribution in [1.29, 1.82) is 0 Å². The van der Waals surface area contributed by atoms with Crippen LogP contribution in [-0.4, -0.2) is 29.3 Å². The Kier molecular flexibility index (Phi) is 5.72. The molecule has 4 nitrogen and oxygen atoms in total. The summed E-state index contributed by atoms with van der Waals surface area (Å²) in [6.07, 6.45) is 3.09. The SMILES string of the molecule is Cc1cccc(OCC(O)CNCc2cnccc2C)c1. The van der Waals surface area contributed by atoms with Crippen molar-refractivity contribution in [3.05, 3.63) is 59.4 Å². The van der Waals surface area contributed by atoms with E-state index in [1.807, 2.05) is 43.5 Å². The molecule has 0 radical (unpaired) electrons. The molecule has 0 aliphatic carbocycles. The minimum absolute atomic E-state index is 0.280. The van der Waals surface area contributed by atoms with Crippen LogP contribution in [0.15, 0.2) is 42.7 Å². The Morgan fingerprint density at radius 1 is 1.29 bits per heavy atom. The molecule has 0 bridgehead atoms. The van der Waals surface area contributed by atoms with Gasteiger partial charge in [0.1, 0.15) is 18.5 Å². The number of aliphatic hydroxyl groups is 1. The molecular formula is C17H22N2O2. The number of hydrogen-bond acceptors (Lipinski definition) is 4. The lowest BCUT2D eigenvalue weighted by atomic mass is 10.1. The maximum absolute atomic E-state index is 9.92. The normalized spacial score (nSPS) is 12.1. The standard InChI is InChI=1S/C17H22N2O2/c1-13-4-3-5-17(8-13)21-12-16(20)11-19-10-15-9-18-7-6-14(15)2/h3-9,16,19-20H,10-12H2,1-2H3. The Labute approximate surface area is 125 Å². The molecule has 1 aromatic heterocycles. The number of nitrogens with zero attached hydrogens (tertiary/aromatic N) is 1. The lowest BCUT2D eigenvalue weighted by Crippen LogP contribution is -2.31. The van der Waals surface area contributed by atoms with Crippen LogP contribution in [0.5, 0.6) is 5.75 Å². The van der Waals surface area contributed by atoms with Gasteiger partial charge in [-0.15, -0.1) is 0 Å². The molecular weight excluding hydrogens is 264 g/mol. The van der Waals surface area contributed by atoms with E-state index in [0.717, 1.165) is 16.9 Å². The monoisotopic (exact) mass is 286 g/mol. The van der Waals surface area contributed by atoms with E-state index in [0.29, 0.717) is 13.1 Å². The Morgan fingerprint density at radius 3 is 2.90 bits per heavy atom. The third-order valence-corrected chi connectivity index (χ3v) is 3.27. The molecule has 0 amide bonds. The predicted molar refractivity (Wildman–Crippen MR) is 83.4 cm³/mol. The third kappa shape index (κ3) is 5.17. The second kappa shape index (κ2) is 7.76. The predicted octanol–water partition coefficient (Wildman–Crippen LogP) is 2.23. The van der Waals surface area contributed by atoms with Crippen molar-refractivity contribution >= 4 is 0 Å². The van der Waals surface area contributed by atoms with Gasteiger partial charge in [0.2, 0.25) is 0 Å². The number of nitrogens with one attached hydrogen (secondary N) is 1. The summed E-state index contributed by atoms with van der Waals surface area (Å²) in [4.78, 5) is 4.10. The van der Waals surface area contributed by atoms with Gasteiger partial charge in [-0.25, -0.2) is 0 Å². The van der Waals surface area contributed by atoms with E-state index in [2.05, 4.69) is 17.2 Å². The topological polar surface area (TPSA) is 54.4 Å². The quantitative estimate of drug-likeness (QED) is 0.819. The van der Waals surface area contributed by atoms with E-state index in [9.17, 15) is 5.11 Å². The van der Waals surface area contributed by atoms with Gasteiger partial charge in [0, 0.05) is 25.5 Å². The number of aliphatic hydroxyl groups excluding tert-OH is 1. The molecule has 1 atom stereocenters. The fraction of sp³-hybridized carbons (Fsp3) is 0.353. The summed E-state index contributed by atoms with van der Waals surface area (Å²) >= 11 is 0. The molecule has 0 aliphatic heterocycles. The largest absolute Gasteiger partial charge is 0.491 e. The fourth-order valence-corrected chi connectivity index (χ4v) is 2.01. The highest BCUT2D eigenvalue weighted by atomic mass is 16.5. The van der Waals surface area contributed by atoms with Crippen LogP contribution < -0.4 is 10.1 Å². The van der Waals surface area contributed by atoms with Gasteiger partial charge < -0.3 is 15.2 Å². The van der Waals surface area contributed by atoms with Crippen molar-refractivity contribution in [3.63, 3.8) is 0 Å². The molecule has 0 saturated carbocycles. The van der Waals surface area contributed by atoms with Crippen LogP contribution in [0.1, 0.15) is 16.7 Å². The van der Waals surface area contributed by atoms with Gasteiger partial charge >= 0.3 is 0 Å². The molecule has 1 heterocycles. The van der Waals surface area contributed by atoms with Crippen molar-refractivity contribution in [2.24, 2.45) is 0 Å². The van der Waals surface area contributed by atoms with Crippen LogP contribution in [0.4, 0.5) is 0 Å². The molecule has 0 spiro atoms. The maximum atomic E-state index is 9.92. The molecule has 0 saturated heterocycles. The number of benzene rings is 1. The number of pyridine rings is 1. The Morgan fingerprint density at radius 2 is 2.14 bits per heavy atom. The highest BCUT2D eigenvalue weighted by molar-refractivity contribution is 5.27. The number of aromatic nitrogens is 1. The molecule has 1 aromatic carbocycles. The summed E-state index contributed by atoms with van der Waals surface area (Å²) in [5, 5.41) is 13.1. The van der Waals surface area contributed by atoms with Crippen LogP contribution >= 0.6 is 0 Å². The van der Waals surface area contributed by atoms with E-state index in [4.69, 9.17) is 4.74 Å². The highest BCUT2D eigenvalue weighted by Crippen LogP contribution is 2.12. The van der Waals surface area contributed by atoms with Crippen LogP contribution in [0.3, 0.4) is 0 Å². The van der Waals surface area contributed by atoms with Crippen molar-refractivity contribution in [2.75, 3.05) is 13.2 Å². The number of rotatable bonds is 7. The van der Waals surface area contributed by atoms with Gasteiger partial charge in [0.15, 0.2) is 0 Å². The van der Waals surface area contributed by atoms with Crippen molar-refractivity contribution in [3.8, 4) is 5.75 Å². The summed E-state index contributed by atoms with van der Waals surface area (Å²) < 4.78 is 5.57. The summed E-state index contributed by atoms with van der Waals surface area (Å²) in [6, 6.07) is 9.79. The van der Waals surface area contributed by atoms with E-state index >= 15 is 0 Å². The van der Waals surface area contributed by atoms with Gasteiger partial charge in [-0.2, -0.15) is 0 Å². The van der Waals surface area contributed by atoms with Gasteiger partial charge in [-0.05, 0) is 48.7 Å². The third-order valence-electron chi connectivity index (χ3n) is 3.27. The molecule has 2 rings (SSSR count). The van der Waals surface area contributed by atoms with Crippen LogP contribution in [-0.2, 0) is 6.54 Å². The van der Waals surface area contributed by atoms with Crippen molar-refractivity contribution < 1.29 is 9.84 Å². The molecule has 2 aromatic rings. The van der Waals surface area contributed by atoms with Gasteiger partial charge in [0.05, 0.1) is 0 Å². The molecule has 0 fully saturated rings. The van der Waals surface area contributed by atoms with E-state index in [-0.39, 0.29) is 6.61 Å². The highest BCUT2D eigenvalue weighted by Gasteiger charge is 2.06. The Balaban J connectivity index is 1.70. The van der Waals surface area contributed by atoms with E-state index in [1.165, 1.54) is 5.56 Å². The number of hydrogen-bond donors (Lipinski definition) is 2. The zero-order chi connectivity index (χ0) is 15.1. The summed E-state index contributed by atoms with van der Waals surface area (Å²) in [7, 11) is 0.